The predicted octanol–water partition coefficient (Wildman–Crippen LogP) is 3.09. The smallest absolute Gasteiger partial charge is 0.252 e. The predicted molar refractivity (Wildman–Crippen MR) is 105 cm³/mol. The lowest BCUT2D eigenvalue weighted by atomic mass is 9.62. The van der Waals surface area contributed by atoms with Crippen molar-refractivity contribution in [3.8, 4) is 5.75 Å². The van der Waals surface area contributed by atoms with Crippen LogP contribution in [0.25, 0.3) is 11.0 Å². The van der Waals surface area contributed by atoms with Crippen molar-refractivity contribution in [2.45, 2.75) is 45.1 Å². The first-order valence-electron chi connectivity index (χ1n) is 9.04. The number of hydrogen-bond donors (Lipinski definition) is 2. The molecule has 0 unspecified atom stereocenters. The van der Waals surface area contributed by atoms with E-state index in [1.807, 2.05) is 6.92 Å². The highest BCUT2D eigenvalue weighted by Crippen LogP contribution is 2.51. The van der Waals surface area contributed by atoms with Gasteiger partial charge in [-0.05, 0) is 38.8 Å². The van der Waals surface area contributed by atoms with Crippen LogP contribution in [-0.2, 0) is 16.8 Å². The number of aryl methyl sites for hydroxylation is 2. The molecule has 0 spiro atoms. The molecular weight excluding hydrogens is 378 g/mol. The number of rotatable bonds is 6. The van der Waals surface area contributed by atoms with Crippen molar-refractivity contribution in [2.75, 3.05) is 0 Å². The maximum absolute atomic E-state index is 12.5. The molecule has 2 amide bonds. The number of carbonyl (C=O) groups is 2. The highest BCUT2D eigenvalue weighted by Gasteiger charge is 2.48. The lowest BCUT2D eigenvalue weighted by Gasteiger charge is -2.40. The average Bonchev–Trinajstić information content (AvgIpc) is 3.14. The number of nitrogens with two attached hydrogens (primary N) is 2. The summed E-state index contributed by atoms with van der Waals surface area (Å²) in [5.74, 6) is -0.107. The Hall–Kier alpha value is -2.87. The van der Waals surface area contributed by atoms with Gasteiger partial charge < -0.3 is 20.6 Å². The normalized spacial score (nSPS) is 15.4. The van der Waals surface area contributed by atoms with Crippen molar-refractivity contribution < 1.29 is 18.7 Å². The third-order valence-corrected chi connectivity index (χ3v) is 6.32. The quantitative estimate of drug-likeness (QED) is 0.660. The monoisotopic (exact) mass is 399 g/mol. The molecule has 2 heterocycles. The highest BCUT2D eigenvalue weighted by molar-refractivity contribution is 7.11. The van der Waals surface area contributed by atoms with E-state index in [2.05, 4.69) is 4.98 Å². The molecule has 1 aliphatic rings. The van der Waals surface area contributed by atoms with E-state index < -0.39 is 17.2 Å². The van der Waals surface area contributed by atoms with E-state index >= 15 is 0 Å². The number of benzene rings is 1. The Bertz CT molecular complexity index is 1090. The van der Waals surface area contributed by atoms with E-state index in [9.17, 15) is 9.59 Å². The third-order valence-electron chi connectivity index (χ3n) is 5.44. The largest absolute Gasteiger partial charge is 0.488 e. The van der Waals surface area contributed by atoms with Crippen molar-refractivity contribution in [3.05, 3.63) is 45.1 Å². The fourth-order valence-electron chi connectivity index (χ4n) is 3.95. The summed E-state index contributed by atoms with van der Waals surface area (Å²) in [5, 5.41) is 1.48. The van der Waals surface area contributed by atoms with Crippen LogP contribution >= 0.6 is 11.3 Å². The lowest BCUT2D eigenvalue weighted by molar-refractivity contribution is -0.126. The first kappa shape index (κ1) is 18.5. The molecule has 0 bridgehead atoms. The number of amides is 2. The first-order chi connectivity index (χ1) is 13.3. The zero-order valence-electron chi connectivity index (χ0n) is 15.7. The molecule has 28 heavy (non-hydrogen) atoms. The molecule has 0 saturated heterocycles. The SMILES string of the molecule is Cc1ncc(COc2ccc3oc(C)c(C(N)=O)c3c2C2(C(N)=O)CCC2)s1. The van der Waals surface area contributed by atoms with Crippen LogP contribution in [0.2, 0.25) is 0 Å². The summed E-state index contributed by atoms with van der Waals surface area (Å²) in [6.07, 6.45) is 3.83. The van der Waals surface area contributed by atoms with E-state index in [4.69, 9.17) is 20.6 Å². The molecule has 2 aromatic heterocycles. The first-order valence-corrected chi connectivity index (χ1v) is 9.85. The molecule has 0 atom stereocenters. The molecule has 4 N–H and O–H groups in total. The van der Waals surface area contributed by atoms with Crippen LogP contribution in [0.5, 0.6) is 5.75 Å². The second-order valence-corrected chi connectivity index (χ2v) is 8.46. The van der Waals surface area contributed by atoms with Gasteiger partial charge in [0, 0.05) is 17.1 Å². The van der Waals surface area contributed by atoms with E-state index in [1.165, 1.54) is 0 Å². The third kappa shape index (κ3) is 2.75. The van der Waals surface area contributed by atoms with Crippen LogP contribution in [0, 0.1) is 13.8 Å². The van der Waals surface area contributed by atoms with Gasteiger partial charge in [-0.1, -0.05) is 6.42 Å². The summed E-state index contributed by atoms with van der Waals surface area (Å²) >= 11 is 1.54. The van der Waals surface area contributed by atoms with Crippen LogP contribution in [0.4, 0.5) is 0 Å². The number of furan rings is 1. The van der Waals surface area contributed by atoms with Crippen molar-refractivity contribution in [2.24, 2.45) is 11.5 Å². The number of nitrogens with zero attached hydrogens (tertiary/aromatic N) is 1. The minimum atomic E-state index is -0.890. The number of primary amides is 2. The Morgan fingerprint density at radius 2 is 2.04 bits per heavy atom. The Morgan fingerprint density at radius 1 is 1.29 bits per heavy atom. The van der Waals surface area contributed by atoms with E-state index in [-0.39, 0.29) is 5.56 Å². The Labute approximate surface area is 165 Å². The number of thiazole rings is 1. The number of ether oxygens (including phenoxy) is 1. The molecule has 8 heteroatoms. The molecule has 0 aliphatic heterocycles. The summed E-state index contributed by atoms with van der Waals surface area (Å²) < 4.78 is 11.8. The molecule has 3 aromatic rings. The highest BCUT2D eigenvalue weighted by atomic mass is 32.1. The summed E-state index contributed by atoms with van der Waals surface area (Å²) in [4.78, 5) is 29.8. The second-order valence-electron chi connectivity index (χ2n) is 7.14. The van der Waals surface area contributed by atoms with Crippen LogP contribution < -0.4 is 16.2 Å². The Kier molecular flexibility index (Phi) is 4.38. The molecular formula is C20H21N3O4S. The van der Waals surface area contributed by atoms with Crippen molar-refractivity contribution in [1.29, 1.82) is 0 Å². The zero-order valence-corrected chi connectivity index (χ0v) is 16.5. The molecule has 1 saturated carbocycles. The maximum atomic E-state index is 12.5. The molecule has 1 fully saturated rings. The fourth-order valence-corrected chi connectivity index (χ4v) is 4.66. The number of carbonyl (C=O) groups excluding carboxylic acids is 2. The summed E-state index contributed by atoms with van der Waals surface area (Å²) in [6, 6.07) is 3.50. The molecule has 146 valence electrons. The Balaban J connectivity index is 1.91. The van der Waals surface area contributed by atoms with E-state index in [0.29, 0.717) is 47.5 Å². The van der Waals surface area contributed by atoms with Crippen molar-refractivity contribution >= 4 is 34.1 Å². The zero-order chi connectivity index (χ0) is 20.1. The van der Waals surface area contributed by atoms with Crippen LogP contribution in [0.15, 0.2) is 22.7 Å². The number of hydrogen-bond acceptors (Lipinski definition) is 6. The van der Waals surface area contributed by atoms with Gasteiger partial charge in [-0.25, -0.2) is 4.98 Å². The minimum absolute atomic E-state index is 0.275. The molecule has 1 aromatic carbocycles. The number of fused-ring (bicyclic) bond motifs is 1. The number of aromatic nitrogens is 1. The van der Waals surface area contributed by atoms with Gasteiger partial charge >= 0.3 is 0 Å². The summed E-state index contributed by atoms with van der Waals surface area (Å²) in [7, 11) is 0. The fraction of sp³-hybridized carbons (Fsp3) is 0.350. The maximum Gasteiger partial charge on any atom is 0.252 e. The van der Waals surface area contributed by atoms with Crippen molar-refractivity contribution in [3.63, 3.8) is 0 Å². The minimum Gasteiger partial charge on any atom is -0.488 e. The van der Waals surface area contributed by atoms with Gasteiger partial charge in [0.1, 0.15) is 23.7 Å². The van der Waals surface area contributed by atoms with Gasteiger partial charge in [0.25, 0.3) is 5.91 Å². The van der Waals surface area contributed by atoms with E-state index in [1.54, 1.807) is 36.6 Å². The van der Waals surface area contributed by atoms with Crippen LogP contribution in [0.1, 0.15) is 50.8 Å². The van der Waals surface area contributed by atoms with Crippen LogP contribution in [0.3, 0.4) is 0 Å². The van der Waals surface area contributed by atoms with Gasteiger partial charge in [-0.3, -0.25) is 9.59 Å². The van der Waals surface area contributed by atoms with Gasteiger partial charge in [-0.15, -0.1) is 11.3 Å². The molecule has 1 aliphatic carbocycles. The molecule has 4 rings (SSSR count). The average molecular weight is 399 g/mol. The van der Waals surface area contributed by atoms with E-state index in [0.717, 1.165) is 16.3 Å². The second kappa shape index (κ2) is 6.63. The lowest BCUT2D eigenvalue weighted by Crippen LogP contribution is -2.47. The van der Waals surface area contributed by atoms with Crippen molar-refractivity contribution in [1.82, 2.24) is 4.98 Å². The van der Waals surface area contributed by atoms with Gasteiger partial charge in [0.15, 0.2) is 0 Å². The summed E-state index contributed by atoms with van der Waals surface area (Å²) in [6.45, 7) is 3.92. The standard InChI is InChI=1S/C20H21N3O4S/c1-10-15(18(21)24)16-13(27-10)4-5-14(26-9-12-8-23-11(2)28-12)17(16)20(19(22)25)6-3-7-20/h4-5,8H,3,6-7,9H2,1-2H3,(H2,21,24)(H2,22,25). The van der Waals surface area contributed by atoms with Crippen LogP contribution in [-0.4, -0.2) is 16.8 Å². The topological polar surface area (TPSA) is 121 Å². The summed E-state index contributed by atoms with van der Waals surface area (Å²) in [5.41, 5.74) is 11.9. The Morgan fingerprint density at radius 3 is 2.57 bits per heavy atom. The van der Waals surface area contributed by atoms with Gasteiger partial charge in [0.05, 0.1) is 20.9 Å². The van der Waals surface area contributed by atoms with Gasteiger partial charge in [0.2, 0.25) is 5.91 Å². The molecule has 7 nitrogen and oxygen atoms in total. The van der Waals surface area contributed by atoms with Gasteiger partial charge in [-0.2, -0.15) is 0 Å². The molecule has 0 radical (unpaired) electrons.